The molecular formula is C9H15N3O. The van der Waals surface area contributed by atoms with Crippen molar-refractivity contribution in [3.8, 4) is 0 Å². The summed E-state index contributed by atoms with van der Waals surface area (Å²) in [6.45, 7) is 0.797. The standard InChI is InChI=1S/C9H15N3O/c1-12-5-4-11-9(12)8-7(10)3-2-6-13-8/h4-5,7-8H,2-3,6,10H2,1H3/t7-,8+/m1/s1. The highest BCUT2D eigenvalue weighted by Crippen LogP contribution is 2.25. The molecule has 2 N–H and O–H groups in total. The van der Waals surface area contributed by atoms with Gasteiger partial charge in [0.15, 0.2) is 0 Å². The van der Waals surface area contributed by atoms with Crippen LogP contribution in [0.4, 0.5) is 0 Å². The van der Waals surface area contributed by atoms with Crippen LogP contribution in [-0.4, -0.2) is 22.2 Å². The zero-order valence-electron chi connectivity index (χ0n) is 7.81. The molecule has 0 saturated carbocycles. The average Bonchev–Trinajstić information content (AvgIpc) is 2.52. The molecule has 1 aliphatic rings. The van der Waals surface area contributed by atoms with Crippen molar-refractivity contribution in [2.24, 2.45) is 12.8 Å². The SMILES string of the molecule is Cn1ccnc1[C@H]1OCCC[C@H]1N. The Morgan fingerprint density at radius 3 is 3.15 bits per heavy atom. The van der Waals surface area contributed by atoms with Crippen molar-refractivity contribution in [3.63, 3.8) is 0 Å². The number of aromatic nitrogens is 2. The van der Waals surface area contributed by atoms with Gasteiger partial charge in [-0.25, -0.2) is 4.98 Å². The Hall–Kier alpha value is -0.870. The minimum absolute atomic E-state index is 0.0197. The molecule has 0 bridgehead atoms. The topological polar surface area (TPSA) is 53.1 Å². The van der Waals surface area contributed by atoms with Crippen molar-refractivity contribution in [3.05, 3.63) is 18.2 Å². The smallest absolute Gasteiger partial charge is 0.139 e. The third-order valence-corrected chi connectivity index (χ3v) is 2.48. The van der Waals surface area contributed by atoms with Crippen LogP contribution in [0.3, 0.4) is 0 Å². The van der Waals surface area contributed by atoms with Crippen molar-refractivity contribution in [1.82, 2.24) is 9.55 Å². The number of hydrogen-bond donors (Lipinski definition) is 1. The molecule has 1 aliphatic heterocycles. The fraction of sp³-hybridized carbons (Fsp3) is 0.667. The van der Waals surface area contributed by atoms with Crippen LogP contribution in [0.5, 0.6) is 0 Å². The fourth-order valence-electron chi connectivity index (χ4n) is 1.72. The Kier molecular flexibility index (Phi) is 2.33. The zero-order chi connectivity index (χ0) is 9.26. The molecule has 2 heterocycles. The van der Waals surface area contributed by atoms with Gasteiger partial charge in [0, 0.05) is 32.1 Å². The van der Waals surface area contributed by atoms with Gasteiger partial charge in [0.1, 0.15) is 11.9 Å². The third kappa shape index (κ3) is 1.59. The summed E-state index contributed by atoms with van der Waals surface area (Å²) in [6, 6.07) is 0.0925. The predicted octanol–water partition coefficient (Wildman–Crippen LogP) is 0.599. The molecule has 0 unspecified atom stereocenters. The number of aryl methyl sites for hydroxylation is 1. The third-order valence-electron chi connectivity index (χ3n) is 2.48. The van der Waals surface area contributed by atoms with Gasteiger partial charge in [-0.15, -0.1) is 0 Å². The molecular weight excluding hydrogens is 166 g/mol. The van der Waals surface area contributed by atoms with Gasteiger partial charge in [0.05, 0.1) is 0 Å². The van der Waals surface area contributed by atoms with Crippen LogP contribution in [0, 0.1) is 0 Å². The minimum atomic E-state index is -0.0197. The first kappa shape index (κ1) is 8.72. The molecule has 2 rings (SSSR count). The summed E-state index contributed by atoms with van der Waals surface area (Å²) >= 11 is 0. The lowest BCUT2D eigenvalue weighted by Gasteiger charge is -2.28. The highest BCUT2D eigenvalue weighted by molar-refractivity contribution is 5.00. The number of nitrogens with zero attached hydrogens (tertiary/aromatic N) is 2. The van der Waals surface area contributed by atoms with E-state index in [1.807, 2.05) is 17.8 Å². The van der Waals surface area contributed by atoms with Crippen molar-refractivity contribution >= 4 is 0 Å². The Morgan fingerprint density at radius 1 is 1.69 bits per heavy atom. The highest BCUT2D eigenvalue weighted by Gasteiger charge is 2.26. The van der Waals surface area contributed by atoms with Gasteiger partial charge in [-0.3, -0.25) is 0 Å². The maximum absolute atomic E-state index is 5.96. The Labute approximate surface area is 77.7 Å². The van der Waals surface area contributed by atoms with Crippen LogP contribution in [0.25, 0.3) is 0 Å². The number of hydrogen-bond acceptors (Lipinski definition) is 3. The van der Waals surface area contributed by atoms with E-state index in [0.29, 0.717) is 0 Å². The molecule has 0 radical (unpaired) electrons. The van der Waals surface area contributed by atoms with E-state index in [9.17, 15) is 0 Å². The quantitative estimate of drug-likeness (QED) is 0.690. The monoisotopic (exact) mass is 181 g/mol. The molecule has 0 aliphatic carbocycles. The van der Waals surface area contributed by atoms with Gasteiger partial charge in [0.25, 0.3) is 0 Å². The van der Waals surface area contributed by atoms with E-state index in [1.165, 1.54) is 0 Å². The average molecular weight is 181 g/mol. The van der Waals surface area contributed by atoms with E-state index in [0.717, 1.165) is 25.3 Å². The van der Waals surface area contributed by atoms with Crippen molar-refractivity contribution in [1.29, 1.82) is 0 Å². The molecule has 1 aromatic heterocycles. The molecule has 4 nitrogen and oxygen atoms in total. The second-order valence-corrected chi connectivity index (χ2v) is 3.49. The van der Waals surface area contributed by atoms with Crippen LogP contribution < -0.4 is 5.73 Å². The lowest BCUT2D eigenvalue weighted by Crippen LogP contribution is -2.35. The lowest BCUT2D eigenvalue weighted by atomic mass is 10.0. The highest BCUT2D eigenvalue weighted by atomic mass is 16.5. The molecule has 1 aromatic rings. The molecule has 2 atom stereocenters. The maximum Gasteiger partial charge on any atom is 0.139 e. The molecule has 0 spiro atoms. The van der Waals surface area contributed by atoms with E-state index < -0.39 is 0 Å². The first-order valence-corrected chi connectivity index (χ1v) is 4.63. The zero-order valence-corrected chi connectivity index (χ0v) is 7.81. The number of rotatable bonds is 1. The summed E-state index contributed by atoms with van der Waals surface area (Å²) in [7, 11) is 1.97. The van der Waals surface area contributed by atoms with Crippen molar-refractivity contribution in [2.75, 3.05) is 6.61 Å². The summed E-state index contributed by atoms with van der Waals surface area (Å²) in [6.07, 6.45) is 5.76. The Bertz CT molecular complexity index is 284. The van der Waals surface area contributed by atoms with Gasteiger partial charge in [0.2, 0.25) is 0 Å². The van der Waals surface area contributed by atoms with Gasteiger partial charge in [-0.05, 0) is 12.8 Å². The molecule has 4 heteroatoms. The predicted molar refractivity (Wildman–Crippen MR) is 49.1 cm³/mol. The van der Waals surface area contributed by atoms with Crippen LogP contribution >= 0.6 is 0 Å². The second-order valence-electron chi connectivity index (χ2n) is 3.49. The molecule has 1 saturated heterocycles. The first-order chi connectivity index (χ1) is 6.29. The van der Waals surface area contributed by atoms with Crippen LogP contribution in [0.1, 0.15) is 24.8 Å². The molecule has 0 aromatic carbocycles. The van der Waals surface area contributed by atoms with Gasteiger partial charge >= 0.3 is 0 Å². The van der Waals surface area contributed by atoms with E-state index >= 15 is 0 Å². The van der Waals surface area contributed by atoms with Crippen LogP contribution in [-0.2, 0) is 11.8 Å². The number of imidazole rings is 1. The summed E-state index contributed by atoms with van der Waals surface area (Å²) in [4.78, 5) is 4.25. The normalized spacial score (nSPS) is 29.1. The molecule has 72 valence electrons. The van der Waals surface area contributed by atoms with E-state index in [4.69, 9.17) is 10.5 Å². The summed E-state index contributed by atoms with van der Waals surface area (Å²) in [5.41, 5.74) is 5.96. The molecule has 13 heavy (non-hydrogen) atoms. The van der Waals surface area contributed by atoms with E-state index in [-0.39, 0.29) is 12.1 Å². The van der Waals surface area contributed by atoms with Gasteiger partial charge in [-0.1, -0.05) is 0 Å². The van der Waals surface area contributed by atoms with Crippen molar-refractivity contribution < 1.29 is 4.74 Å². The van der Waals surface area contributed by atoms with Crippen LogP contribution in [0.2, 0.25) is 0 Å². The van der Waals surface area contributed by atoms with Gasteiger partial charge in [-0.2, -0.15) is 0 Å². The summed E-state index contributed by atoms with van der Waals surface area (Å²) in [5, 5.41) is 0. The Balaban J connectivity index is 2.19. The van der Waals surface area contributed by atoms with Crippen LogP contribution in [0.15, 0.2) is 12.4 Å². The summed E-state index contributed by atoms with van der Waals surface area (Å²) in [5.74, 6) is 0.937. The van der Waals surface area contributed by atoms with Gasteiger partial charge < -0.3 is 15.0 Å². The van der Waals surface area contributed by atoms with Crippen molar-refractivity contribution in [2.45, 2.75) is 25.0 Å². The number of ether oxygens (including phenoxy) is 1. The largest absolute Gasteiger partial charge is 0.369 e. The fourth-order valence-corrected chi connectivity index (χ4v) is 1.72. The molecule has 1 fully saturated rings. The second kappa shape index (κ2) is 3.47. The Morgan fingerprint density at radius 2 is 2.54 bits per heavy atom. The van der Waals surface area contributed by atoms with E-state index in [2.05, 4.69) is 4.98 Å². The lowest BCUT2D eigenvalue weighted by molar-refractivity contribution is -0.00670. The number of nitrogens with two attached hydrogens (primary N) is 1. The minimum Gasteiger partial charge on any atom is -0.369 e. The maximum atomic E-state index is 5.96. The first-order valence-electron chi connectivity index (χ1n) is 4.63. The summed E-state index contributed by atoms with van der Waals surface area (Å²) < 4.78 is 7.58. The van der Waals surface area contributed by atoms with E-state index in [1.54, 1.807) is 6.20 Å². The molecule has 0 amide bonds.